The molecule has 0 unspecified atom stereocenters. The van der Waals surface area contributed by atoms with E-state index in [-0.39, 0.29) is 19.3 Å². The first-order chi connectivity index (χ1) is 9.85. The number of aliphatic hydroxyl groups excluding tert-OH is 2. The molecule has 0 amide bonds. The summed E-state index contributed by atoms with van der Waals surface area (Å²) in [4.78, 5) is 0. The molecule has 122 valence electrons. The fraction of sp³-hybridized carbons (Fsp3) is 1.00. The molecule has 0 fully saturated rings. The van der Waals surface area contributed by atoms with Crippen molar-refractivity contribution in [3.05, 3.63) is 0 Å². The summed E-state index contributed by atoms with van der Waals surface area (Å²) >= 11 is 0. The zero-order valence-electron chi connectivity index (χ0n) is 13.6. The minimum Gasteiger partial charge on any atom is -0.395 e. The largest absolute Gasteiger partial charge is 0.395 e. The van der Waals surface area contributed by atoms with Crippen molar-refractivity contribution in [2.24, 2.45) is 0 Å². The quantitative estimate of drug-likeness (QED) is 0.380. The van der Waals surface area contributed by atoms with Crippen molar-refractivity contribution >= 4 is 0 Å². The number of rotatable bonds is 16. The molecular formula is C17H37NO2. The van der Waals surface area contributed by atoms with Crippen molar-refractivity contribution < 1.29 is 10.2 Å². The maximum atomic E-state index is 8.89. The second kappa shape index (κ2) is 16.9. The Morgan fingerprint density at radius 1 is 0.650 bits per heavy atom. The number of unbranched alkanes of at least 4 members (excludes halogenated alkanes) is 11. The first-order valence-corrected chi connectivity index (χ1v) is 8.80. The van der Waals surface area contributed by atoms with E-state index in [1.54, 1.807) is 0 Å². The molecule has 0 heterocycles. The SMILES string of the molecule is CCCCCCCCCCCCCCNC(CO)CO. The molecule has 0 saturated carbocycles. The van der Waals surface area contributed by atoms with Crippen LogP contribution < -0.4 is 5.32 Å². The molecule has 0 saturated heterocycles. The van der Waals surface area contributed by atoms with E-state index < -0.39 is 0 Å². The topological polar surface area (TPSA) is 52.5 Å². The zero-order valence-corrected chi connectivity index (χ0v) is 13.6. The Labute approximate surface area is 126 Å². The van der Waals surface area contributed by atoms with Crippen molar-refractivity contribution in [2.45, 2.75) is 90.0 Å². The maximum absolute atomic E-state index is 8.89. The zero-order chi connectivity index (χ0) is 14.9. The Bertz CT molecular complexity index is 172. The van der Waals surface area contributed by atoms with Gasteiger partial charge in [0.25, 0.3) is 0 Å². The van der Waals surface area contributed by atoms with E-state index in [0.717, 1.165) is 13.0 Å². The van der Waals surface area contributed by atoms with Crippen LogP contribution in [-0.4, -0.2) is 36.0 Å². The van der Waals surface area contributed by atoms with Crippen LogP contribution in [-0.2, 0) is 0 Å². The predicted octanol–water partition coefficient (Wildman–Crippen LogP) is 3.63. The van der Waals surface area contributed by atoms with Crippen LogP contribution >= 0.6 is 0 Å². The highest BCUT2D eigenvalue weighted by Crippen LogP contribution is 2.11. The van der Waals surface area contributed by atoms with Crippen LogP contribution in [0.15, 0.2) is 0 Å². The van der Waals surface area contributed by atoms with Gasteiger partial charge in [0.1, 0.15) is 0 Å². The smallest absolute Gasteiger partial charge is 0.0607 e. The van der Waals surface area contributed by atoms with Crippen molar-refractivity contribution in [1.82, 2.24) is 5.32 Å². The normalized spacial score (nSPS) is 11.4. The molecular weight excluding hydrogens is 250 g/mol. The highest BCUT2D eigenvalue weighted by atomic mass is 16.3. The molecule has 3 heteroatoms. The van der Waals surface area contributed by atoms with Crippen LogP contribution in [0.3, 0.4) is 0 Å². The molecule has 0 aromatic heterocycles. The third kappa shape index (κ3) is 14.3. The molecule has 3 N–H and O–H groups in total. The van der Waals surface area contributed by atoms with E-state index in [1.165, 1.54) is 70.6 Å². The molecule has 0 aromatic rings. The van der Waals surface area contributed by atoms with E-state index in [1.807, 2.05) is 0 Å². The Balaban J connectivity index is 3.02. The van der Waals surface area contributed by atoms with Gasteiger partial charge in [0.2, 0.25) is 0 Å². The van der Waals surface area contributed by atoms with Gasteiger partial charge in [-0.05, 0) is 13.0 Å². The van der Waals surface area contributed by atoms with Gasteiger partial charge in [-0.25, -0.2) is 0 Å². The van der Waals surface area contributed by atoms with E-state index >= 15 is 0 Å². The second-order valence-corrected chi connectivity index (χ2v) is 5.91. The molecule has 0 spiro atoms. The molecule has 0 radical (unpaired) electrons. The van der Waals surface area contributed by atoms with E-state index in [0.29, 0.717) is 0 Å². The van der Waals surface area contributed by atoms with Crippen LogP contribution in [0.4, 0.5) is 0 Å². The van der Waals surface area contributed by atoms with Gasteiger partial charge in [-0.3, -0.25) is 0 Å². The number of nitrogens with one attached hydrogen (secondary N) is 1. The Morgan fingerprint density at radius 3 is 1.45 bits per heavy atom. The lowest BCUT2D eigenvalue weighted by Crippen LogP contribution is -2.36. The summed E-state index contributed by atoms with van der Waals surface area (Å²) < 4.78 is 0. The molecule has 20 heavy (non-hydrogen) atoms. The maximum Gasteiger partial charge on any atom is 0.0607 e. The third-order valence-electron chi connectivity index (χ3n) is 3.90. The lowest BCUT2D eigenvalue weighted by Gasteiger charge is -2.12. The van der Waals surface area contributed by atoms with Gasteiger partial charge < -0.3 is 15.5 Å². The van der Waals surface area contributed by atoms with Crippen LogP contribution in [0.25, 0.3) is 0 Å². The van der Waals surface area contributed by atoms with Gasteiger partial charge in [0.15, 0.2) is 0 Å². The van der Waals surface area contributed by atoms with Crippen molar-refractivity contribution in [3.63, 3.8) is 0 Å². The average Bonchev–Trinajstić information content (AvgIpc) is 2.48. The van der Waals surface area contributed by atoms with Gasteiger partial charge in [0.05, 0.1) is 19.3 Å². The van der Waals surface area contributed by atoms with E-state index in [4.69, 9.17) is 10.2 Å². The number of hydrogen-bond donors (Lipinski definition) is 3. The summed E-state index contributed by atoms with van der Waals surface area (Å²) in [7, 11) is 0. The third-order valence-corrected chi connectivity index (χ3v) is 3.90. The lowest BCUT2D eigenvalue weighted by molar-refractivity contribution is 0.171. The van der Waals surface area contributed by atoms with Crippen LogP contribution in [0.2, 0.25) is 0 Å². The van der Waals surface area contributed by atoms with Crippen molar-refractivity contribution in [2.75, 3.05) is 19.8 Å². The summed E-state index contributed by atoms with van der Waals surface area (Å²) in [5.74, 6) is 0. The average molecular weight is 287 g/mol. The minimum absolute atomic E-state index is 0.0226. The van der Waals surface area contributed by atoms with Crippen LogP contribution in [0.5, 0.6) is 0 Å². The summed E-state index contributed by atoms with van der Waals surface area (Å²) in [5, 5.41) is 20.9. The van der Waals surface area contributed by atoms with E-state index in [9.17, 15) is 0 Å². The second-order valence-electron chi connectivity index (χ2n) is 5.91. The molecule has 0 rings (SSSR count). The van der Waals surface area contributed by atoms with Crippen molar-refractivity contribution in [3.8, 4) is 0 Å². The standard InChI is InChI=1S/C17H37NO2/c1-2-3-4-5-6-7-8-9-10-11-12-13-14-18-17(15-19)16-20/h17-20H,2-16H2,1H3. The molecule has 0 aromatic carbocycles. The minimum atomic E-state index is -0.136. The molecule has 0 aliphatic heterocycles. The summed E-state index contributed by atoms with van der Waals surface area (Å²) in [6.45, 7) is 3.22. The fourth-order valence-electron chi connectivity index (χ4n) is 2.46. The highest BCUT2D eigenvalue weighted by Gasteiger charge is 2.02. The van der Waals surface area contributed by atoms with Gasteiger partial charge >= 0.3 is 0 Å². The lowest BCUT2D eigenvalue weighted by atomic mass is 10.1. The molecule has 3 nitrogen and oxygen atoms in total. The van der Waals surface area contributed by atoms with E-state index in [2.05, 4.69) is 12.2 Å². The Hall–Kier alpha value is -0.120. The molecule has 0 bridgehead atoms. The van der Waals surface area contributed by atoms with Gasteiger partial charge in [-0.1, -0.05) is 77.6 Å². The summed E-state index contributed by atoms with van der Waals surface area (Å²) in [5.41, 5.74) is 0. The molecule has 0 aliphatic carbocycles. The summed E-state index contributed by atoms with van der Waals surface area (Å²) in [6, 6.07) is -0.136. The van der Waals surface area contributed by atoms with Gasteiger partial charge in [-0.15, -0.1) is 0 Å². The summed E-state index contributed by atoms with van der Waals surface area (Å²) in [6.07, 6.45) is 16.3. The molecule has 0 aliphatic rings. The number of hydrogen-bond acceptors (Lipinski definition) is 3. The Kier molecular flexibility index (Phi) is 16.8. The van der Waals surface area contributed by atoms with Crippen molar-refractivity contribution in [1.29, 1.82) is 0 Å². The van der Waals surface area contributed by atoms with Crippen LogP contribution in [0.1, 0.15) is 84.0 Å². The van der Waals surface area contributed by atoms with Gasteiger partial charge in [-0.2, -0.15) is 0 Å². The highest BCUT2D eigenvalue weighted by molar-refractivity contribution is 4.62. The Morgan fingerprint density at radius 2 is 1.05 bits per heavy atom. The first kappa shape index (κ1) is 19.9. The van der Waals surface area contributed by atoms with Crippen LogP contribution in [0, 0.1) is 0 Å². The fourth-order valence-corrected chi connectivity index (χ4v) is 2.46. The predicted molar refractivity (Wildman–Crippen MR) is 87.0 cm³/mol. The van der Waals surface area contributed by atoms with Gasteiger partial charge in [0, 0.05) is 0 Å². The monoisotopic (exact) mass is 287 g/mol. The number of aliphatic hydroxyl groups is 2. The molecule has 0 atom stereocenters. The first-order valence-electron chi connectivity index (χ1n) is 8.80.